The van der Waals surface area contributed by atoms with Crippen LogP contribution in [-0.2, 0) is 4.74 Å². The molecule has 3 heterocycles. The minimum Gasteiger partial charge on any atom is -0.374 e. The average Bonchev–Trinajstić information content (AvgIpc) is 2.97. The Labute approximate surface area is 130 Å². The maximum atomic E-state index is 6.17. The first-order valence-corrected chi connectivity index (χ1v) is 9.00. The van der Waals surface area contributed by atoms with Gasteiger partial charge in [-0.3, -0.25) is 9.80 Å². The molecule has 0 bridgehead atoms. The van der Waals surface area contributed by atoms with E-state index in [0.29, 0.717) is 23.7 Å². The summed E-state index contributed by atoms with van der Waals surface area (Å²) in [6.45, 7) is 13.8. The van der Waals surface area contributed by atoms with E-state index in [9.17, 15) is 0 Å². The maximum absolute atomic E-state index is 6.17. The highest BCUT2D eigenvalue weighted by Gasteiger charge is 2.38. The van der Waals surface area contributed by atoms with E-state index < -0.39 is 0 Å². The monoisotopic (exact) mass is 295 g/mol. The number of nitrogens with one attached hydrogen (secondary N) is 1. The van der Waals surface area contributed by atoms with E-state index >= 15 is 0 Å². The summed E-state index contributed by atoms with van der Waals surface area (Å²) in [4.78, 5) is 5.33. The molecule has 3 aliphatic heterocycles. The summed E-state index contributed by atoms with van der Waals surface area (Å²) in [6, 6.07) is 1.34. The highest BCUT2D eigenvalue weighted by Crippen LogP contribution is 2.26. The summed E-state index contributed by atoms with van der Waals surface area (Å²) in [5, 5.41) is 3.79. The van der Waals surface area contributed by atoms with Gasteiger partial charge in [-0.05, 0) is 39.2 Å². The lowest BCUT2D eigenvalue weighted by Crippen LogP contribution is -2.64. The smallest absolute Gasteiger partial charge is 0.0829 e. The molecule has 0 spiro atoms. The van der Waals surface area contributed by atoms with E-state index in [1.165, 1.54) is 38.8 Å². The van der Waals surface area contributed by atoms with Crippen LogP contribution in [0.3, 0.4) is 0 Å². The van der Waals surface area contributed by atoms with Crippen molar-refractivity contribution < 1.29 is 4.74 Å². The molecule has 4 nitrogen and oxygen atoms in total. The number of piperazine rings is 1. The molecule has 3 saturated heterocycles. The van der Waals surface area contributed by atoms with Gasteiger partial charge in [0.05, 0.1) is 12.7 Å². The van der Waals surface area contributed by atoms with Crippen LogP contribution in [0.4, 0.5) is 0 Å². The predicted molar refractivity (Wildman–Crippen MR) is 86.7 cm³/mol. The molecule has 3 unspecified atom stereocenters. The fourth-order valence-corrected chi connectivity index (χ4v) is 4.32. The third-order valence-electron chi connectivity index (χ3n) is 6.15. The zero-order chi connectivity index (χ0) is 14.9. The van der Waals surface area contributed by atoms with E-state index in [-0.39, 0.29) is 0 Å². The Morgan fingerprint density at radius 1 is 1.29 bits per heavy atom. The second-order valence-electron chi connectivity index (χ2n) is 7.39. The fourth-order valence-electron chi connectivity index (χ4n) is 4.32. The fraction of sp³-hybridized carbons (Fsp3) is 1.00. The van der Waals surface area contributed by atoms with Crippen LogP contribution in [0.5, 0.6) is 0 Å². The number of hydrogen-bond donors (Lipinski definition) is 1. The number of fused-ring (bicyclic) bond motifs is 1. The van der Waals surface area contributed by atoms with E-state index in [4.69, 9.17) is 4.74 Å². The van der Waals surface area contributed by atoms with Gasteiger partial charge in [0, 0.05) is 43.8 Å². The van der Waals surface area contributed by atoms with Gasteiger partial charge in [-0.2, -0.15) is 0 Å². The summed E-state index contributed by atoms with van der Waals surface area (Å²) in [5.74, 6) is 0. The molecule has 0 aromatic carbocycles. The van der Waals surface area contributed by atoms with Crippen molar-refractivity contribution in [3.8, 4) is 0 Å². The number of nitrogens with zero attached hydrogens (tertiary/aromatic N) is 2. The molecule has 21 heavy (non-hydrogen) atoms. The van der Waals surface area contributed by atoms with Crippen molar-refractivity contribution in [1.29, 1.82) is 0 Å². The second kappa shape index (κ2) is 6.53. The topological polar surface area (TPSA) is 27.7 Å². The zero-order valence-electron chi connectivity index (χ0n) is 14.1. The zero-order valence-corrected chi connectivity index (χ0v) is 14.1. The van der Waals surface area contributed by atoms with Gasteiger partial charge < -0.3 is 10.1 Å². The van der Waals surface area contributed by atoms with E-state index in [0.717, 1.165) is 26.2 Å². The van der Waals surface area contributed by atoms with E-state index in [1.54, 1.807) is 0 Å². The van der Waals surface area contributed by atoms with Crippen LogP contribution < -0.4 is 5.32 Å². The van der Waals surface area contributed by atoms with Crippen molar-refractivity contribution >= 4 is 0 Å². The Balaban J connectivity index is 1.58. The minimum absolute atomic E-state index is 0.317. The number of hydrogen-bond acceptors (Lipinski definition) is 4. The molecular formula is C17H33N3O. The highest BCUT2D eigenvalue weighted by atomic mass is 16.5. The van der Waals surface area contributed by atoms with Gasteiger partial charge in [0.1, 0.15) is 0 Å². The minimum atomic E-state index is 0.317. The first-order chi connectivity index (χ1) is 10.2. The maximum Gasteiger partial charge on any atom is 0.0829 e. The van der Waals surface area contributed by atoms with Crippen LogP contribution >= 0.6 is 0 Å². The molecule has 0 amide bonds. The third-order valence-corrected chi connectivity index (χ3v) is 6.15. The lowest BCUT2D eigenvalue weighted by molar-refractivity contribution is -0.0722. The van der Waals surface area contributed by atoms with Crippen molar-refractivity contribution in [1.82, 2.24) is 15.1 Å². The van der Waals surface area contributed by atoms with Crippen molar-refractivity contribution in [2.75, 3.05) is 39.3 Å². The van der Waals surface area contributed by atoms with Gasteiger partial charge in [0.2, 0.25) is 0 Å². The van der Waals surface area contributed by atoms with Gasteiger partial charge in [-0.15, -0.1) is 0 Å². The number of rotatable bonds is 4. The van der Waals surface area contributed by atoms with Gasteiger partial charge in [-0.1, -0.05) is 13.8 Å². The molecule has 0 saturated carbocycles. The molecule has 3 fully saturated rings. The Morgan fingerprint density at radius 3 is 2.86 bits per heavy atom. The van der Waals surface area contributed by atoms with Crippen LogP contribution in [0.1, 0.15) is 46.5 Å². The lowest BCUT2D eigenvalue weighted by atomic mass is 9.88. The normalized spacial score (nSPS) is 37.6. The van der Waals surface area contributed by atoms with Gasteiger partial charge >= 0.3 is 0 Å². The van der Waals surface area contributed by atoms with Crippen LogP contribution in [0.2, 0.25) is 0 Å². The summed E-state index contributed by atoms with van der Waals surface area (Å²) in [5.41, 5.74) is 0.317. The number of ether oxygens (including phenoxy) is 1. The van der Waals surface area contributed by atoms with Gasteiger partial charge in [0.15, 0.2) is 0 Å². The summed E-state index contributed by atoms with van der Waals surface area (Å²) >= 11 is 0. The molecule has 0 radical (unpaired) electrons. The number of morpholine rings is 1. The second-order valence-corrected chi connectivity index (χ2v) is 7.39. The van der Waals surface area contributed by atoms with Crippen LogP contribution in [0, 0.1) is 0 Å². The first-order valence-electron chi connectivity index (χ1n) is 9.00. The van der Waals surface area contributed by atoms with E-state index in [2.05, 4.69) is 35.9 Å². The molecule has 3 atom stereocenters. The molecule has 0 aromatic heterocycles. The molecule has 0 aromatic rings. The largest absolute Gasteiger partial charge is 0.374 e. The molecule has 3 aliphatic rings. The lowest BCUT2D eigenvalue weighted by Gasteiger charge is -2.48. The molecule has 122 valence electrons. The third kappa shape index (κ3) is 3.29. The van der Waals surface area contributed by atoms with Gasteiger partial charge in [-0.25, -0.2) is 0 Å². The van der Waals surface area contributed by atoms with Crippen molar-refractivity contribution in [2.45, 2.75) is 70.2 Å². The van der Waals surface area contributed by atoms with Crippen LogP contribution in [0.15, 0.2) is 0 Å². The first kappa shape index (κ1) is 15.7. The summed E-state index contributed by atoms with van der Waals surface area (Å²) in [6.07, 6.45) is 5.54. The van der Waals surface area contributed by atoms with Crippen LogP contribution in [0.25, 0.3) is 0 Å². The molecular weight excluding hydrogens is 262 g/mol. The highest BCUT2D eigenvalue weighted by molar-refractivity contribution is 4.97. The molecule has 4 heteroatoms. The Kier molecular flexibility index (Phi) is 4.89. The van der Waals surface area contributed by atoms with Crippen molar-refractivity contribution in [3.63, 3.8) is 0 Å². The van der Waals surface area contributed by atoms with Crippen LogP contribution in [-0.4, -0.2) is 72.9 Å². The van der Waals surface area contributed by atoms with Gasteiger partial charge in [0.25, 0.3) is 0 Å². The average molecular weight is 295 g/mol. The molecule has 1 N–H and O–H groups in total. The summed E-state index contributed by atoms with van der Waals surface area (Å²) < 4.78 is 6.17. The SMILES string of the molecule is CCC1(CC)CN(CC2CN3CCCC3CO2)C(C)CN1. The Bertz CT molecular complexity index is 345. The predicted octanol–water partition coefficient (Wildman–Crippen LogP) is 1.70. The standard InChI is InChI=1S/C17H33N3O/c1-4-17(5-2)13-20(14(3)9-18-17)11-16-10-19-8-6-7-15(19)12-21-16/h14-16,18H,4-13H2,1-3H3. The Morgan fingerprint density at radius 2 is 2.10 bits per heavy atom. The summed E-state index contributed by atoms with van der Waals surface area (Å²) in [7, 11) is 0. The Hall–Kier alpha value is -0.160. The quantitative estimate of drug-likeness (QED) is 0.854. The van der Waals surface area contributed by atoms with E-state index in [1.807, 2.05) is 0 Å². The molecule has 3 rings (SSSR count). The van der Waals surface area contributed by atoms with Crippen molar-refractivity contribution in [3.05, 3.63) is 0 Å². The molecule has 0 aliphatic carbocycles. The van der Waals surface area contributed by atoms with Crippen molar-refractivity contribution in [2.24, 2.45) is 0 Å².